The summed E-state index contributed by atoms with van der Waals surface area (Å²) in [7, 11) is 0. The molecule has 19 heavy (non-hydrogen) atoms. The summed E-state index contributed by atoms with van der Waals surface area (Å²) < 4.78 is 0.859. The Morgan fingerprint density at radius 2 is 2.21 bits per heavy atom. The Morgan fingerprint density at radius 1 is 1.42 bits per heavy atom. The van der Waals surface area contributed by atoms with Crippen LogP contribution in [0.1, 0.15) is 28.0 Å². The van der Waals surface area contributed by atoms with Crippen molar-refractivity contribution in [3.05, 3.63) is 50.4 Å². The van der Waals surface area contributed by atoms with Gasteiger partial charge in [-0.25, -0.2) is 0 Å². The molecule has 0 saturated carbocycles. The number of thiophene rings is 1. The van der Waals surface area contributed by atoms with E-state index in [0.29, 0.717) is 13.1 Å². The van der Waals surface area contributed by atoms with E-state index in [1.165, 1.54) is 11.3 Å². The normalized spacial score (nSPS) is 10.5. The van der Waals surface area contributed by atoms with E-state index in [-0.39, 0.29) is 5.91 Å². The van der Waals surface area contributed by atoms with Crippen molar-refractivity contribution in [3.8, 4) is 0 Å². The minimum atomic E-state index is 0.0488. The lowest BCUT2D eigenvalue weighted by atomic mass is 10.3. The maximum absolute atomic E-state index is 12.4. The zero-order valence-electron chi connectivity index (χ0n) is 10.9. The van der Waals surface area contributed by atoms with Gasteiger partial charge in [-0.3, -0.25) is 9.78 Å². The van der Waals surface area contributed by atoms with Crippen molar-refractivity contribution < 1.29 is 4.79 Å². The van der Waals surface area contributed by atoms with Gasteiger partial charge in [0.15, 0.2) is 0 Å². The lowest BCUT2D eigenvalue weighted by molar-refractivity contribution is 0.0754. The number of rotatable bonds is 4. The molecule has 1 amide bonds. The number of aromatic nitrogens is 1. The zero-order chi connectivity index (χ0) is 13.8. The van der Waals surface area contributed by atoms with E-state index >= 15 is 0 Å². The van der Waals surface area contributed by atoms with Crippen molar-refractivity contribution in [1.29, 1.82) is 0 Å². The van der Waals surface area contributed by atoms with Crippen molar-refractivity contribution in [3.63, 3.8) is 0 Å². The van der Waals surface area contributed by atoms with Gasteiger partial charge in [-0.05, 0) is 53.4 Å². The van der Waals surface area contributed by atoms with E-state index in [9.17, 15) is 4.79 Å². The van der Waals surface area contributed by atoms with Gasteiger partial charge in [0.1, 0.15) is 4.88 Å². The number of carbonyl (C=O) groups is 1. The smallest absolute Gasteiger partial charge is 0.265 e. The third kappa shape index (κ3) is 3.42. The molecule has 2 aromatic heterocycles. The second kappa shape index (κ2) is 6.30. The molecule has 5 heteroatoms. The highest BCUT2D eigenvalue weighted by Crippen LogP contribution is 2.24. The highest BCUT2D eigenvalue weighted by molar-refractivity contribution is 9.10. The Balaban J connectivity index is 2.17. The molecule has 0 spiro atoms. The molecule has 2 heterocycles. The van der Waals surface area contributed by atoms with Crippen molar-refractivity contribution in [2.45, 2.75) is 20.4 Å². The molecule has 2 rings (SSSR count). The summed E-state index contributed by atoms with van der Waals surface area (Å²) >= 11 is 4.87. The first-order valence-electron chi connectivity index (χ1n) is 6.06. The lowest BCUT2D eigenvalue weighted by Crippen LogP contribution is -2.30. The minimum Gasteiger partial charge on any atom is -0.332 e. The van der Waals surface area contributed by atoms with Crippen LogP contribution in [0.5, 0.6) is 0 Å². The van der Waals surface area contributed by atoms with Gasteiger partial charge in [0, 0.05) is 16.7 Å². The maximum atomic E-state index is 12.4. The number of amides is 1. The van der Waals surface area contributed by atoms with Crippen LogP contribution in [0.15, 0.2) is 34.1 Å². The molecule has 0 aromatic carbocycles. The lowest BCUT2D eigenvalue weighted by Gasteiger charge is -2.20. The minimum absolute atomic E-state index is 0.0488. The zero-order valence-corrected chi connectivity index (χ0v) is 13.3. The fourth-order valence-electron chi connectivity index (χ4n) is 1.80. The average Bonchev–Trinajstić information content (AvgIpc) is 2.81. The Hall–Kier alpha value is -1.20. The largest absolute Gasteiger partial charge is 0.332 e. The molecule has 0 saturated heterocycles. The second-order valence-electron chi connectivity index (χ2n) is 4.19. The van der Waals surface area contributed by atoms with Crippen LogP contribution in [-0.4, -0.2) is 22.3 Å². The first kappa shape index (κ1) is 14.2. The van der Waals surface area contributed by atoms with E-state index in [4.69, 9.17) is 0 Å². The quantitative estimate of drug-likeness (QED) is 0.847. The summed E-state index contributed by atoms with van der Waals surface area (Å²) in [4.78, 5) is 19.4. The fourth-order valence-corrected chi connectivity index (χ4v) is 3.31. The molecule has 0 fully saturated rings. The summed E-state index contributed by atoms with van der Waals surface area (Å²) in [6, 6.07) is 7.78. The first-order chi connectivity index (χ1) is 9.11. The van der Waals surface area contributed by atoms with Crippen molar-refractivity contribution >= 4 is 33.2 Å². The van der Waals surface area contributed by atoms with Crippen LogP contribution >= 0.6 is 27.3 Å². The number of halogens is 1. The maximum Gasteiger partial charge on any atom is 0.265 e. The van der Waals surface area contributed by atoms with Crippen LogP contribution in [0.2, 0.25) is 0 Å². The number of carbonyl (C=O) groups excluding carboxylic acids is 1. The highest BCUT2D eigenvalue weighted by Gasteiger charge is 2.18. The van der Waals surface area contributed by atoms with Gasteiger partial charge in [0.2, 0.25) is 0 Å². The molecule has 0 radical (unpaired) electrons. The Kier molecular flexibility index (Phi) is 4.71. The standard InChI is InChI=1S/C14H15BrN2OS/c1-3-17(9-11-6-4-5-10(2)16-11)14(18)13-12(15)7-8-19-13/h4-8H,3,9H2,1-2H3. The molecule has 0 bridgehead atoms. The van der Waals surface area contributed by atoms with Crippen molar-refractivity contribution in [1.82, 2.24) is 9.88 Å². The summed E-state index contributed by atoms with van der Waals surface area (Å²) in [5, 5.41) is 1.91. The number of pyridine rings is 1. The number of aryl methyl sites for hydroxylation is 1. The Labute approximate surface area is 125 Å². The van der Waals surface area contributed by atoms with E-state index in [2.05, 4.69) is 20.9 Å². The molecule has 0 aliphatic heterocycles. The van der Waals surface area contributed by atoms with Gasteiger partial charge in [-0.15, -0.1) is 11.3 Å². The Morgan fingerprint density at radius 3 is 2.79 bits per heavy atom. The number of nitrogens with zero attached hydrogens (tertiary/aromatic N) is 2. The SMILES string of the molecule is CCN(Cc1cccc(C)n1)C(=O)c1sccc1Br. The van der Waals surface area contributed by atoms with Crippen molar-refractivity contribution in [2.75, 3.05) is 6.54 Å². The molecule has 0 aliphatic carbocycles. The van der Waals surface area contributed by atoms with Gasteiger partial charge in [0.25, 0.3) is 5.91 Å². The molecular weight excluding hydrogens is 324 g/mol. The number of hydrogen-bond acceptors (Lipinski definition) is 3. The predicted molar refractivity (Wildman–Crippen MR) is 81.4 cm³/mol. The number of hydrogen-bond donors (Lipinski definition) is 0. The van der Waals surface area contributed by atoms with Crippen LogP contribution in [-0.2, 0) is 6.54 Å². The molecule has 0 unspecified atom stereocenters. The molecule has 0 N–H and O–H groups in total. The molecule has 100 valence electrons. The van der Waals surface area contributed by atoms with Gasteiger partial charge in [-0.1, -0.05) is 6.07 Å². The molecule has 3 nitrogen and oxygen atoms in total. The van der Waals surface area contributed by atoms with Crippen LogP contribution < -0.4 is 0 Å². The van der Waals surface area contributed by atoms with Crippen molar-refractivity contribution in [2.24, 2.45) is 0 Å². The molecular formula is C14H15BrN2OS. The predicted octanol–water partition coefficient (Wildman–Crippen LogP) is 3.88. The summed E-state index contributed by atoms with van der Waals surface area (Å²) in [6.07, 6.45) is 0. The Bertz CT molecular complexity index is 582. The average molecular weight is 339 g/mol. The topological polar surface area (TPSA) is 33.2 Å². The van der Waals surface area contributed by atoms with Crippen LogP contribution in [0.3, 0.4) is 0 Å². The summed E-state index contributed by atoms with van der Waals surface area (Å²) in [6.45, 7) is 5.15. The van der Waals surface area contributed by atoms with E-state index in [0.717, 1.165) is 20.7 Å². The highest BCUT2D eigenvalue weighted by atomic mass is 79.9. The summed E-state index contributed by atoms with van der Waals surface area (Å²) in [5.74, 6) is 0.0488. The molecule has 0 atom stereocenters. The monoisotopic (exact) mass is 338 g/mol. The van der Waals surface area contributed by atoms with Gasteiger partial charge < -0.3 is 4.90 Å². The van der Waals surface area contributed by atoms with E-state index in [1.54, 1.807) is 4.90 Å². The first-order valence-corrected chi connectivity index (χ1v) is 7.74. The fraction of sp³-hybridized carbons (Fsp3) is 0.286. The third-order valence-corrected chi connectivity index (χ3v) is 4.60. The van der Waals surface area contributed by atoms with Gasteiger partial charge in [0.05, 0.1) is 12.2 Å². The third-order valence-electron chi connectivity index (χ3n) is 2.78. The van der Waals surface area contributed by atoms with Gasteiger partial charge >= 0.3 is 0 Å². The van der Waals surface area contributed by atoms with Gasteiger partial charge in [-0.2, -0.15) is 0 Å². The summed E-state index contributed by atoms with van der Waals surface area (Å²) in [5.41, 5.74) is 1.89. The van der Waals surface area contributed by atoms with Crippen LogP contribution in [0, 0.1) is 6.92 Å². The van der Waals surface area contributed by atoms with E-state index in [1.807, 2.05) is 43.5 Å². The van der Waals surface area contributed by atoms with Crippen LogP contribution in [0.25, 0.3) is 0 Å². The molecule has 0 aliphatic rings. The van der Waals surface area contributed by atoms with Crippen LogP contribution in [0.4, 0.5) is 0 Å². The molecule has 2 aromatic rings. The second-order valence-corrected chi connectivity index (χ2v) is 5.96. The van der Waals surface area contributed by atoms with E-state index < -0.39 is 0 Å².